The summed E-state index contributed by atoms with van der Waals surface area (Å²) in [5.74, 6) is 0. The Morgan fingerprint density at radius 2 is 0.402 bits per heavy atom. The van der Waals surface area contributed by atoms with Gasteiger partial charge in [0, 0.05) is 65.8 Å². The third-order valence-corrected chi connectivity index (χ3v) is 30.0. The zero-order chi connectivity index (χ0) is 78.0. The summed E-state index contributed by atoms with van der Waals surface area (Å²) in [6.45, 7) is 0. The van der Waals surface area contributed by atoms with Gasteiger partial charge in [-0.2, -0.15) is 0 Å². The van der Waals surface area contributed by atoms with Crippen molar-refractivity contribution in [3.05, 3.63) is 412 Å². The summed E-state index contributed by atoms with van der Waals surface area (Å²) < 4.78 is 113. The molecule has 0 amide bonds. The van der Waals surface area contributed by atoms with E-state index in [9.17, 15) is 0 Å². The molecule has 480 valence electrons. The van der Waals surface area contributed by atoms with Gasteiger partial charge in [0.2, 0.25) is 0 Å². The lowest BCUT2D eigenvalue weighted by atomic mass is 10.1. The summed E-state index contributed by atoms with van der Waals surface area (Å²) in [5, 5.41) is 15.7. The lowest BCUT2D eigenvalue weighted by Crippen LogP contribution is -2.74. The molecule has 0 saturated carbocycles. The average molecular weight is 1350 g/mol. The Morgan fingerprint density at radius 3 is 0.735 bits per heavy atom. The van der Waals surface area contributed by atoms with Crippen LogP contribution in [0.1, 0.15) is 16.4 Å². The van der Waals surface area contributed by atoms with Crippen LogP contribution >= 0.6 is 0 Å². The van der Waals surface area contributed by atoms with E-state index in [1.807, 2.05) is 59.2 Å². The Hall–Kier alpha value is -12.8. The fourth-order valence-corrected chi connectivity index (χ4v) is 25.8. The second kappa shape index (κ2) is 25.2. The molecular weight excluding hydrogens is 1270 g/mol. The number of fused-ring (bicyclic) bond motifs is 12. The first-order chi connectivity index (χ1) is 55.6. The van der Waals surface area contributed by atoms with Crippen molar-refractivity contribution in [1.29, 1.82) is 0 Å². The van der Waals surface area contributed by atoms with Crippen LogP contribution in [0.25, 0.3) is 110 Å². The molecule has 0 radical (unpaired) electrons. The van der Waals surface area contributed by atoms with Crippen LogP contribution in [0.15, 0.2) is 412 Å². The van der Waals surface area contributed by atoms with Crippen molar-refractivity contribution in [2.75, 3.05) is 0 Å². The van der Waals surface area contributed by atoms with E-state index in [-0.39, 0.29) is 70.1 Å². The summed E-state index contributed by atoms with van der Waals surface area (Å²) >= 11 is 0. The smallest absolute Gasteiger partial charge is 0.179 e. The van der Waals surface area contributed by atoms with Crippen LogP contribution in [0.4, 0.5) is 0 Å². The monoisotopic (exact) mass is 1340 g/mol. The molecule has 0 aliphatic rings. The molecule has 0 bridgehead atoms. The van der Waals surface area contributed by atoms with Gasteiger partial charge in [-0.15, -0.1) is 0 Å². The van der Waals surface area contributed by atoms with Gasteiger partial charge in [0.05, 0.1) is 60.6 Å². The number of nitrogens with zero attached hydrogens (tertiary/aromatic N) is 4. The van der Waals surface area contributed by atoms with Gasteiger partial charge in [0.25, 0.3) is 0 Å². The van der Waals surface area contributed by atoms with Crippen LogP contribution in [0, 0.1) is 0 Å². The molecule has 0 unspecified atom stereocenters. The molecule has 16 aromatic carbocycles. The van der Waals surface area contributed by atoms with Crippen molar-refractivity contribution >= 4 is 145 Å². The first-order valence-corrected chi connectivity index (χ1v) is 38.2. The van der Waals surface area contributed by atoms with Crippen LogP contribution in [-0.4, -0.2) is 34.4 Å². The quantitative estimate of drug-likeness (QED) is 0.0858. The maximum absolute atomic E-state index is 9.04. The van der Waals surface area contributed by atoms with Crippen molar-refractivity contribution in [2.24, 2.45) is 0 Å². The normalized spacial score (nSPS) is 13.6. The largest absolute Gasteiger partial charge is 0.309 e. The molecule has 0 N–H and O–H groups in total. The van der Waals surface area contributed by atoms with Crippen LogP contribution in [0.5, 0.6) is 0 Å². The summed E-state index contributed by atoms with van der Waals surface area (Å²) in [7, 11) is -5.63. The average Bonchev–Trinajstić information content (AvgIpc) is 1.46. The Labute approximate surface area is 611 Å². The van der Waals surface area contributed by atoms with Gasteiger partial charge in [-0.3, -0.25) is 0 Å². The minimum absolute atomic E-state index is 0.0235. The van der Waals surface area contributed by atoms with Gasteiger partial charge in [-0.1, -0.05) is 315 Å². The number of hydrogen-bond acceptors (Lipinski definition) is 0. The third kappa shape index (κ3) is 9.63. The maximum atomic E-state index is 9.04. The summed E-state index contributed by atoms with van der Waals surface area (Å²) in [6, 6.07) is 116. The van der Waals surface area contributed by atoms with E-state index < -0.39 is 40.3 Å². The van der Waals surface area contributed by atoms with Crippen molar-refractivity contribution < 1.29 is 16.4 Å². The molecule has 0 aliphatic carbocycles. The van der Waals surface area contributed by atoms with E-state index in [0.29, 0.717) is 16.6 Å². The molecule has 0 fully saturated rings. The predicted molar refractivity (Wildman–Crippen MR) is 437 cm³/mol. The molecule has 0 aliphatic heterocycles. The van der Waals surface area contributed by atoms with Gasteiger partial charge in [-0.05, 0) is 138 Å². The highest BCUT2D eigenvalue weighted by molar-refractivity contribution is 7.20. The molecule has 0 atom stereocenters. The number of aromatic nitrogens is 4. The van der Waals surface area contributed by atoms with Crippen LogP contribution < -0.4 is 41.5 Å². The predicted octanol–water partition coefficient (Wildman–Crippen LogP) is 18.5. The number of benzene rings is 16. The molecule has 20 rings (SSSR count). The van der Waals surface area contributed by atoms with Crippen LogP contribution in [0.2, 0.25) is 0 Å². The highest BCUT2D eigenvalue weighted by Gasteiger charge is 2.43. The minimum atomic E-state index is -2.85. The maximum Gasteiger partial charge on any atom is 0.179 e. The summed E-state index contributed by atoms with van der Waals surface area (Å²) in [5.41, 5.74) is 8.91. The highest BCUT2D eigenvalue weighted by atomic mass is 28.3. The highest BCUT2D eigenvalue weighted by Crippen LogP contribution is 2.39. The molecule has 0 spiro atoms. The van der Waals surface area contributed by atoms with Gasteiger partial charge in [0.1, 0.15) is 0 Å². The first-order valence-electron chi connectivity index (χ1n) is 40.2. The van der Waals surface area contributed by atoms with E-state index in [0.717, 1.165) is 71.6 Å². The van der Waals surface area contributed by atoms with Crippen LogP contribution in [-0.2, 0) is 0 Å². The first kappa shape index (κ1) is 48.8. The van der Waals surface area contributed by atoms with E-state index in [4.69, 9.17) is 16.4 Å². The van der Waals surface area contributed by atoms with Crippen molar-refractivity contribution in [1.82, 2.24) is 18.3 Å². The van der Waals surface area contributed by atoms with Crippen molar-refractivity contribution in [3.63, 3.8) is 0 Å². The fraction of sp³-hybridized carbons (Fsp3) is 0. The Kier molecular flexibility index (Phi) is 12.0. The number of hydrogen-bond donors (Lipinski definition) is 0. The minimum Gasteiger partial charge on any atom is -0.309 e. The molecule has 20 aromatic rings. The topological polar surface area (TPSA) is 19.7 Å². The molecule has 102 heavy (non-hydrogen) atoms. The molecule has 4 heterocycles. The Bertz CT molecular complexity index is 6990. The van der Waals surface area contributed by atoms with E-state index >= 15 is 0 Å². The summed E-state index contributed by atoms with van der Waals surface area (Å²) in [4.78, 5) is 0. The number of para-hydroxylation sites is 6. The third-order valence-electron chi connectivity index (χ3n) is 20.5. The van der Waals surface area contributed by atoms with Gasteiger partial charge >= 0.3 is 0 Å². The van der Waals surface area contributed by atoms with Gasteiger partial charge in [-0.25, -0.2) is 0 Å². The molecule has 6 heteroatoms. The lowest BCUT2D eigenvalue weighted by Gasteiger charge is -2.34. The Morgan fingerprint density at radius 1 is 0.167 bits per heavy atom. The molecule has 4 aromatic heterocycles. The zero-order valence-corrected chi connectivity index (χ0v) is 57.1. The van der Waals surface area contributed by atoms with Crippen LogP contribution in [0.3, 0.4) is 0 Å². The standard InChI is InChI=1S/2C48H34N2Si/c2*1-4-18-37(19-5-1)51(38-20-6-2-7-21-38,39-22-8-3-9-23-39)40-24-16-17-35(33-40)49-47-30-15-12-27-43(47)44-34-36(31-32-48(44)49)50-45-28-13-10-25-41(45)42-26-11-14-29-46(42)50/h2*1-34H/i10D,11D,13D,14D,25D,26D,28D,29D;10D,13D,25D,28D. The zero-order valence-electron chi connectivity index (χ0n) is 67.1. The van der Waals surface area contributed by atoms with E-state index in [2.05, 4.69) is 294 Å². The van der Waals surface area contributed by atoms with E-state index in [1.54, 1.807) is 4.57 Å². The molecule has 0 saturated heterocycles. The Balaban J connectivity index is 0.000000153. The lowest BCUT2D eigenvalue weighted by molar-refractivity contribution is 1.17. The number of rotatable bonds is 12. The molecular formula is C96H68N4Si2. The summed E-state index contributed by atoms with van der Waals surface area (Å²) in [6.07, 6.45) is 0. The SMILES string of the molecule is [2H]c1c([2H])c([2H])c2c(c1[2H])c1c([2H])c([2H])c([2H])c([2H])c1n2-c1ccc2c(c1)c1ccccc1n2-c1cccc([Si](c2ccccc2)(c2ccccc2)c2ccccc2)c1.[2H]c1c([2H])c([2H])c2c(c1[2H])c1ccccc1n2-c1ccc2c(c1)c1ccccc1n2-c1cccc([Si](c2ccccc2)(c2ccccc2)c2ccccc2)c1. The molecule has 4 nitrogen and oxygen atoms in total. The second-order valence-corrected chi connectivity index (χ2v) is 33.4. The second-order valence-electron chi connectivity index (χ2n) is 25.8. The van der Waals surface area contributed by atoms with E-state index in [1.165, 1.54) is 41.5 Å². The van der Waals surface area contributed by atoms with Gasteiger partial charge < -0.3 is 18.3 Å². The van der Waals surface area contributed by atoms with Crippen molar-refractivity contribution in [2.45, 2.75) is 0 Å². The fourth-order valence-electron chi connectivity index (χ4n) is 16.3. The van der Waals surface area contributed by atoms with Gasteiger partial charge in [0.15, 0.2) is 16.1 Å². The van der Waals surface area contributed by atoms with Crippen molar-refractivity contribution in [3.8, 4) is 22.7 Å².